The molecule has 0 spiro atoms. The van der Waals surface area contributed by atoms with Crippen LogP contribution in [0.4, 0.5) is 27.5 Å². The van der Waals surface area contributed by atoms with Crippen LogP contribution in [0.25, 0.3) is 10.9 Å². The fourth-order valence-electron chi connectivity index (χ4n) is 2.53. The molecule has 0 fully saturated rings. The number of para-hydroxylation sites is 1. The molecule has 2 N–H and O–H groups in total. The number of nitrogens with zero attached hydrogens (tertiary/aromatic N) is 3. The Hall–Kier alpha value is -3.25. The highest BCUT2D eigenvalue weighted by molar-refractivity contribution is 6.31. The molecule has 4 rings (SSSR count). The third-order valence-electron chi connectivity index (χ3n) is 3.73. The summed E-state index contributed by atoms with van der Waals surface area (Å²) in [5.41, 5.74) is 2.30. The van der Waals surface area contributed by atoms with Gasteiger partial charge in [0, 0.05) is 23.5 Å². The van der Waals surface area contributed by atoms with Gasteiger partial charge in [0.05, 0.1) is 16.2 Å². The predicted octanol–water partition coefficient (Wildman–Crippen LogP) is 5.30. The van der Waals surface area contributed by atoms with Gasteiger partial charge in [-0.15, -0.1) is 0 Å². The average molecular weight is 366 g/mol. The minimum atomic E-state index is -0.475. The molecule has 7 heteroatoms. The molecule has 128 valence electrons. The smallest absolute Gasteiger partial charge is 0.229 e. The predicted molar refractivity (Wildman–Crippen MR) is 102 cm³/mol. The number of nitrogens with one attached hydrogen (secondary N) is 2. The Morgan fingerprint density at radius 1 is 0.885 bits per heavy atom. The van der Waals surface area contributed by atoms with Crippen molar-refractivity contribution in [1.29, 1.82) is 0 Å². The summed E-state index contributed by atoms with van der Waals surface area (Å²) in [4.78, 5) is 13.0. The first-order chi connectivity index (χ1) is 12.7. The maximum atomic E-state index is 13.3. The van der Waals surface area contributed by atoms with Gasteiger partial charge >= 0.3 is 0 Å². The highest BCUT2D eigenvalue weighted by Gasteiger charge is 2.06. The monoisotopic (exact) mass is 365 g/mol. The number of hydrogen-bond donors (Lipinski definition) is 2. The molecule has 0 atom stereocenters. The van der Waals surface area contributed by atoms with Gasteiger partial charge in [0.25, 0.3) is 0 Å². The van der Waals surface area contributed by atoms with E-state index in [1.165, 1.54) is 12.1 Å². The van der Waals surface area contributed by atoms with E-state index in [-0.39, 0.29) is 5.02 Å². The normalized spacial score (nSPS) is 10.7. The molecular weight excluding hydrogens is 353 g/mol. The maximum absolute atomic E-state index is 13.3. The van der Waals surface area contributed by atoms with Crippen LogP contribution in [0.2, 0.25) is 5.02 Å². The molecule has 0 amide bonds. The van der Waals surface area contributed by atoms with Crippen molar-refractivity contribution in [1.82, 2.24) is 15.0 Å². The topological polar surface area (TPSA) is 62.7 Å². The maximum Gasteiger partial charge on any atom is 0.229 e. The van der Waals surface area contributed by atoms with Crippen molar-refractivity contribution in [2.24, 2.45) is 0 Å². The van der Waals surface area contributed by atoms with Gasteiger partial charge in [-0.25, -0.2) is 9.37 Å². The zero-order valence-corrected chi connectivity index (χ0v) is 14.2. The standard InChI is InChI=1S/C19H13ClFN5/c20-14-11-13(6-7-15(14)21)24-19-23-10-8-17(26-19)25-16-5-1-3-12-4-2-9-22-18(12)16/h1-11H,(H2,23,24,25,26). The van der Waals surface area contributed by atoms with Crippen molar-refractivity contribution in [3.63, 3.8) is 0 Å². The van der Waals surface area contributed by atoms with E-state index in [2.05, 4.69) is 25.6 Å². The molecule has 2 aromatic carbocycles. The van der Waals surface area contributed by atoms with E-state index in [1.54, 1.807) is 24.5 Å². The fraction of sp³-hybridized carbons (Fsp3) is 0. The summed E-state index contributed by atoms with van der Waals surface area (Å²) < 4.78 is 13.3. The van der Waals surface area contributed by atoms with Crippen molar-refractivity contribution in [3.05, 3.63) is 77.8 Å². The summed E-state index contributed by atoms with van der Waals surface area (Å²) in [7, 11) is 0. The fourth-order valence-corrected chi connectivity index (χ4v) is 2.72. The minimum Gasteiger partial charge on any atom is -0.338 e. The van der Waals surface area contributed by atoms with E-state index in [9.17, 15) is 4.39 Å². The quantitative estimate of drug-likeness (QED) is 0.513. The summed E-state index contributed by atoms with van der Waals surface area (Å²) in [6.45, 7) is 0. The summed E-state index contributed by atoms with van der Waals surface area (Å²) in [5.74, 6) is 0.497. The number of aromatic nitrogens is 3. The highest BCUT2D eigenvalue weighted by atomic mass is 35.5. The van der Waals surface area contributed by atoms with Crippen LogP contribution >= 0.6 is 11.6 Å². The van der Waals surface area contributed by atoms with Gasteiger partial charge in [0.1, 0.15) is 11.6 Å². The second kappa shape index (κ2) is 6.93. The van der Waals surface area contributed by atoms with Crippen molar-refractivity contribution < 1.29 is 4.39 Å². The molecule has 0 radical (unpaired) electrons. The first-order valence-corrected chi connectivity index (χ1v) is 8.23. The number of hydrogen-bond acceptors (Lipinski definition) is 5. The summed E-state index contributed by atoms with van der Waals surface area (Å²) >= 11 is 5.80. The number of pyridine rings is 1. The number of halogens is 2. The number of benzene rings is 2. The molecule has 2 heterocycles. The summed E-state index contributed by atoms with van der Waals surface area (Å²) in [5, 5.41) is 7.33. The number of fused-ring (bicyclic) bond motifs is 1. The molecule has 0 unspecified atom stereocenters. The van der Waals surface area contributed by atoms with Crippen LogP contribution in [0.3, 0.4) is 0 Å². The van der Waals surface area contributed by atoms with Crippen molar-refractivity contribution in [3.8, 4) is 0 Å². The van der Waals surface area contributed by atoms with Gasteiger partial charge in [-0.2, -0.15) is 4.98 Å². The van der Waals surface area contributed by atoms with Gasteiger partial charge in [-0.05, 0) is 36.4 Å². The first-order valence-electron chi connectivity index (χ1n) is 7.85. The second-order valence-electron chi connectivity index (χ2n) is 5.53. The third kappa shape index (κ3) is 3.41. The zero-order chi connectivity index (χ0) is 17.9. The SMILES string of the molecule is Fc1ccc(Nc2nccc(Nc3cccc4cccnc34)n2)cc1Cl. The Bertz CT molecular complexity index is 1080. The van der Waals surface area contributed by atoms with Crippen LogP contribution in [-0.4, -0.2) is 15.0 Å². The molecule has 0 bridgehead atoms. The van der Waals surface area contributed by atoms with Gasteiger partial charge in [-0.3, -0.25) is 4.98 Å². The largest absolute Gasteiger partial charge is 0.338 e. The molecule has 4 aromatic rings. The van der Waals surface area contributed by atoms with Crippen LogP contribution in [-0.2, 0) is 0 Å². The van der Waals surface area contributed by atoms with E-state index in [0.717, 1.165) is 16.6 Å². The Kier molecular flexibility index (Phi) is 4.33. The first kappa shape index (κ1) is 16.2. The van der Waals surface area contributed by atoms with Crippen LogP contribution < -0.4 is 10.6 Å². The van der Waals surface area contributed by atoms with E-state index in [1.807, 2.05) is 30.3 Å². The lowest BCUT2D eigenvalue weighted by Crippen LogP contribution is -2.01. The Morgan fingerprint density at radius 3 is 2.65 bits per heavy atom. The van der Waals surface area contributed by atoms with Gasteiger partial charge < -0.3 is 10.6 Å². The molecule has 0 aliphatic carbocycles. The van der Waals surface area contributed by atoms with Crippen LogP contribution in [0.5, 0.6) is 0 Å². The van der Waals surface area contributed by atoms with E-state index >= 15 is 0 Å². The lowest BCUT2D eigenvalue weighted by molar-refractivity contribution is 0.628. The van der Waals surface area contributed by atoms with E-state index in [4.69, 9.17) is 11.6 Å². The molecule has 2 aromatic heterocycles. The van der Waals surface area contributed by atoms with Gasteiger partial charge in [0.2, 0.25) is 5.95 Å². The Balaban J connectivity index is 1.60. The summed E-state index contributed by atoms with van der Waals surface area (Å²) in [6.07, 6.45) is 3.38. The average Bonchev–Trinajstić information content (AvgIpc) is 2.65. The van der Waals surface area contributed by atoms with Crippen molar-refractivity contribution in [2.75, 3.05) is 10.6 Å². The molecule has 0 aliphatic rings. The molecule has 26 heavy (non-hydrogen) atoms. The van der Waals surface area contributed by atoms with Crippen LogP contribution in [0.15, 0.2) is 67.0 Å². The Morgan fingerprint density at radius 2 is 1.77 bits per heavy atom. The molecule has 0 saturated carbocycles. The molecular formula is C19H13ClFN5. The molecule has 0 saturated heterocycles. The lowest BCUT2D eigenvalue weighted by Gasteiger charge is -2.10. The van der Waals surface area contributed by atoms with Crippen LogP contribution in [0.1, 0.15) is 0 Å². The minimum absolute atomic E-state index is 0.0334. The second-order valence-corrected chi connectivity index (χ2v) is 5.93. The van der Waals surface area contributed by atoms with E-state index in [0.29, 0.717) is 17.5 Å². The van der Waals surface area contributed by atoms with Crippen molar-refractivity contribution in [2.45, 2.75) is 0 Å². The lowest BCUT2D eigenvalue weighted by atomic mass is 10.2. The molecule has 0 aliphatic heterocycles. The van der Waals surface area contributed by atoms with E-state index < -0.39 is 5.82 Å². The van der Waals surface area contributed by atoms with Gasteiger partial charge in [-0.1, -0.05) is 29.8 Å². The highest BCUT2D eigenvalue weighted by Crippen LogP contribution is 2.25. The number of anilines is 4. The zero-order valence-electron chi connectivity index (χ0n) is 13.4. The third-order valence-corrected chi connectivity index (χ3v) is 4.02. The molecule has 5 nitrogen and oxygen atoms in total. The summed E-state index contributed by atoms with van der Waals surface area (Å²) in [6, 6.07) is 15.9. The van der Waals surface area contributed by atoms with Crippen molar-refractivity contribution >= 4 is 45.6 Å². The Labute approximate surface area is 153 Å². The van der Waals surface area contributed by atoms with Crippen LogP contribution in [0, 0.1) is 5.82 Å². The number of rotatable bonds is 4. The van der Waals surface area contributed by atoms with Gasteiger partial charge in [0.15, 0.2) is 0 Å².